The molecule has 4 heteroatoms. The van der Waals surface area contributed by atoms with E-state index in [1.165, 1.54) is 0 Å². The largest absolute Gasteiger partial charge is 0.464 e. The van der Waals surface area contributed by atoms with Crippen LogP contribution in [0.1, 0.15) is 37.0 Å². The van der Waals surface area contributed by atoms with Gasteiger partial charge in [0.1, 0.15) is 11.5 Å². The molecule has 1 unspecified atom stereocenters. The summed E-state index contributed by atoms with van der Waals surface area (Å²) in [4.78, 5) is 0. The van der Waals surface area contributed by atoms with Crippen LogP contribution in [0.15, 0.2) is 39.2 Å². The molecule has 0 amide bonds. The topological polar surface area (TPSA) is 25.2 Å². The van der Waals surface area contributed by atoms with Crippen molar-refractivity contribution in [3.63, 3.8) is 0 Å². The summed E-state index contributed by atoms with van der Waals surface area (Å²) in [6.07, 6.45) is 0.896. The molecule has 102 valence electrons. The lowest BCUT2D eigenvalue weighted by Gasteiger charge is -2.17. The summed E-state index contributed by atoms with van der Waals surface area (Å²) in [5, 5.41) is 4.15. The fourth-order valence-electron chi connectivity index (χ4n) is 2.04. The molecule has 0 saturated heterocycles. The van der Waals surface area contributed by atoms with Crippen LogP contribution in [0.5, 0.6) is 0 Å². The van der Waals surface area contributed by atoms with Crippen molar-refractivity contribution in [3.05, 3.63) is 56.9 Å². The molecule has 1 N–H and O–H groups in total. The zero-order chi connectivity index (χ0) is 13.8. The second kappa shape index (κ2) is 6.60. The molecule has 0 aliphatic rings. The Labute approximate surface area is 127 Å². The molecule has 0 aliphatic carbocycles. The van der Waals surface area contributed by atoms with Crippen molar-refractivity contribution in [2.24, 2.45) is 0 Å². The zero-order valence-electron chi connectivity index (χ0n) is 11.0. The van der Waals surface area contributed by atoms with Gasteiger partial charge in [0.25, 0.3) is 0 Å². The van der Waals surface area contributed by atoms with Crippen molar-refractivity contribution in [1.82, 2.24) is 5.32 Å². The van der Waals surface area contributed by atoms with Crippen molar-refractivity contribution >= 4 is 27.5 Å². The van der Waals surface area contributed by atoms with E-state index in [4.69, 9.17) is 16.0 Å². The molecule has 0 fully saturated rings. The number of hydrogen-bond donors (Lipinski definition) is 1. The van der Waals surface area contributed by atoms with E-state index in [0.717, 1.165) is 39.5 Å². The Balaban J connectivity index is 2.38. The quantitative estimate of drug-likeness (QED) is 0.831. The molecular formula is C15H17BrClNO. The highest BCUT2D eigenvalue weighted by atomic mass is 79.9. The van der Waals surface area contributed by atoms with Crippen molar-refractivity contribution in [3.8, 4) is 0 Å². The highest BCUT2D eigenvalue weighted by Crippen LogP contribution is 2.31. The van der Waals surface area contributed by atoms with Crippen LogP contribution in [0, 0.1) is 0 Å². The predicted octanol–water partition coefficient (Wildman–Crippen LogP) is 4.96. The van der Waals surface area contributed by atoms with Crippen LogP contribution in [0.25, 0.3) is 0 Å². The second-order valence-corrected chi connectivity index (χ2v) is 5.64. The molecule has 1 atom stereocenters. The summed E-state index contributed by atoms with van der Waals surface area (Å²) in [5.41, 5.74) is 1.03. The Morgan fingerprint density at radius 3 is 2.63 bits per heavy atom. The fraction of sp³-hybridized carbons (Fsp3) is 0.333. The average molecular weight is 343 g/mol. The van der Waals surface area contributed by atoms with Gasteiger partial charge in [0.15, 0.2) is 0 Å². The molecular weight excluding hydrogens is 326 g/mol. The van der Waals surface area contributed by atoms with Crippen LogP contribution in [0.3, 0.4) is 0 Å². The average Bonchev–Trinajstić information content (AvgIpc) is 2.85. The van der Waals surface area contributed by atoms with Gasteiger partial charge in [-0.05, 0) is 36.4 Å². The summed E-state index contributed by atoms with van der Waals surface area (Å²) < 4.78 is 6.83. The van der Waals surface area contributed by atoms with E-state index >= 15 is 0 Å². The summed E-state index contributed by atoms with van der Waals surface area (Å²) >= 11 is 9.77. The van der Waals surface area contributed by atoms with E-state index in [1.54, 1.807) is 0 Å². The van der Waals surface area contributed by atoms with Crippen LogP contribution in [-0.4, -0.2) is 6.54 Å². The van der Waals surface area contributed by atoms with Crippen LogP contribution < -0.4 is 5.32 Å². The van der Waals surface area contributed by atoms with Crippen LogP contribution in [0.2, 0.25) is 5.02 Å². The van der Waals surface area contributed by atoms with E-state index in [0.29, 0.717) is 0 Å². The molecule has 0 aliphatic heterocycles. The minimum atomic E-state index is -0.00843. The minimum Gasteiger partial charge on any atom is -0.464 e. The van der Waals surface area contributed by atoms with Gasteiger partial charge in [-0.3, -0.25) is 0 Å². The van der Waals surface area contributed by atoms with Gasteiger partial charge in [-0.1, -0.05) is 47.4 Å². The zero-order valence-corrected chi connectivity index (χ0v) is 13.4. The maximum absolute atomic E-state index is 6.34. The van der Waals surface area contributed by atoms with Crippen LogP contribution in [-0.2, 0) is 6.42 Å². The Hall–Kier alpha value is -0.770. The van der Waals surface area contributed by atoms with E-state index in [-0.39, 0.29) is 6.04 Å². The third-order valence-corrected chi connectivity index (χ3v) is 3.82. The summed E-state index contributed by atoms with van der Waals surface area (Å²) in [5.74, 6) is 1.90. The molecule has 2 rings (SSSR count). The van der Waals surface area contributed by atoms with E-state index in [2.05, 4.69) is 35.1 Å². The maximum atomic E-state index is 6.34. The molecule has 2 aromatic rings. The normalized spacial score (nSPS) is 12.6. The summed E-state index contributed by atoms with van der Waals surface area (Å²) in [6.45, 7) is 5.00. The highest BCUT2D eigenvalue weighted by molar-refractivity contribution is 9.10. The van der Waals surface area contributed by atoms with E-state index in [9.17, 15) is 0 Å². The van der Waals surface area contributed by atoms with E-state index < -0.39 is 0 Å². The van der Waals surface area contributed by atoms with E-state index in [1.807, 2.05) is 30.3 Å². The van der Waals surface area contributed by atoms with Crippen molar-refractivity contribution in [1.29, 1.82) is 0 Å². The Morgan fingerprint density at radius 2 is 2.05 bits per heavy atom. The number of rotatable bonds is 5. The summed E-state index contributed by atoms with van der Waals surface area (Å²) in [7, 11) is 0. The number of benzene rings is 1. The molecule has 19 heavy (non-hydrogen) atoms. The molecule has 1 heterocycles. The number of furan rings is 1. The van der Waals surface area contributed by atoms with Gasteiger partial charge < -0.3 is 9.73 Å². The minimum absolute atomic E-state index is 0.00843. The van der Waals surface area contributed by atoms with Gasteiger partial charge in [-0.15, -0.1) is 0 Å². The molecule has 2 nitrogen and oxygen atoms in total. The van der Waals surface area contributed by atoms with Gasteiger partial charge in [0, 0.05) is 15.9 Å². The van der Waals surface area contributed by atoms with Crippen LogP contribution in [0.4, 0.5) is 0 Å². The molecule has 0 radical (unpaired) electrons. The van der Waals surface area contributed by atoms with Gasteiger partial charge in [0.05, 0.1) is 6.04 Å². The Bertz CT molecular complexity index is 553. The van der Waals surface area contributed by atoms with Crippen LogP contribution >= 0.6 is 27.5 Å². The third-order valence-electron chi connectivity index (χ3n) is 3.00. The smallest absolute Gasteiger partial charge is 0.125 e. The lowest BCUT2D eigenvalue weighted by Crippen LogP contribution is -2.21. The molecule has 1 aromatic carbocycles. The molecule has 0 spiro atoms. The number of halogens is 2. The first kappa shape index (κ1) is 14.6. The monoisotopic (exact) mass is 341 g/mol. The Morgan fingerprint density at radius 1 is 1.26 bits per heavy atom. The third kappa shape index (κ3) is 3.41. The fourth-order valence-corrected chi connectivity index (χ4v) is 2.83. The molecule has 1 aromatic heterocycles. The number of hydrogen-bond acceptors (Lipinski definition) is 2. The lowest BCUT2D eigenvalue weighted by atomic mass is 10.0. The van der Waals surface area contributed by atoms with Gasteiger partial charge in [-0.25, -0.2) is 0 Å². The number of nitrogens with one attached hydrogen (secondary N) is 1. The first-order valence-electron chi connectivity index (χ1n) is 6.42. The highest BCUT2D eigenvalue weighted by Gasteiger charge is 2.19. The molecule has 0 saturated carbocycles. The summed E-state index contributed by atoms with van der Waals surface area (Å²) in [6, 6.07) is 9.95. The van der Waals surface area contributed by atoms with Gasteiger partial charge in [0.2, 0.25) is 0 Å². The first-order valence-corrected chi connectivity index (χ1v) is 7.59. The SMILES string of the molecule is CCNC(c1ccc(CC)o1)c1ccc(Br)cc1Cl. The predicted molar refractivity (Wildman–Crippen MR) is 82.8 cm³/mol. The van der Waals surface area contributed by atoms with Crippen molar-refractivity contribution in [2.75, 3.05) is 6.54 Å². The van der Waals surface area contributed by atoms with Gasteiger partial charge in [-0.2, -0.15) is 0 Å². The van der Waals surface area contributed by atoms with Crippen molar-refractivity contribution < 1.29 is 4.42 Å². The van der Waals surface area contributed by atoms with Crippen molar-refractivity contribution in [2.45, 2.75) is 26.3 Å². The second-order valence-electron chi connectivity index (χ2n) is 4.31. The maximum Gasteiger partial charge on any atom is 0.125 e. The lowest BCUT2D eigenvalue weighted by molar-refractivity contribution is 0.426. The molecule has 0 bridgehead atoms. The Kier molecular flexibility index (Phi) is 5.08. The number of aryl methyl sites for hydroxylation is 1. The first-order chi connectivity index (χ1) is 9.15. The standard InChI is InChI=1S/C15H17BrClNO/c1-3-11-6-8-14(19-11)15(18-4-2)12-7-5-10(16)9-13(12)17/h5-9,15,18H,3-4H2,1-2H3. The van der Waals surface area contributed by atoms with Gasteiger partial charge >= 0.3 is 0 Å².